The highest BCUT2D eigenvalue weighted by Gasteiger charge is 2.32. The smallest absolute Gasteiger partial charge is 0.306 e. The summed E-state index contributed by atoms with van der Waals surface area (Å²) in [5, 5.41) is 9.18. The van der Waals surface area contributed by atoms with Gasteiger partial charge < -0.3 is 9.84 Å². The van der Waals surface area contributed by atoms with Gasteiger partial charge in [-0.3, -0.25) is 4.79 Å². The van der Waals surface area contributed by atoms with E-state index in [4.69, 9.17) is 4.74 Å². The van der Waals surface area contributed by atoms with Gasteiger partial charge in [0, 0.05) is 0 Å². The van der Waals surface area contributed by atoms with Crippen LogP contribution >= 0.6 is 0 Å². The minimum Gasteiger partial charge on any atom is -0.496 e. The number of methoxy groups -OCH3 is 1. The van der Waals surface area contributed by atoms with Gasteiger partial charge in [-0.05, 0) is 55.6 Å². The zero-order valence-corrected chi connectivity index (χ0v) is 13.8. The molecular weight excluding hydrogens is 276 g/mol. The maximum atomic E-state index is 11.2. The maximum absolute atomic E-state index is 11.2. The molecule has 22 heavy (non-hydrogen) atoms. The fraction of sp³-hybridized carbons (Fsp3) is 0.632. The van der Waals surface area contributed by atoms with Crippen LogP contribution < -0.4 is 4.74 Å². The lowest BCUT2D eigenvalue weighted by Crippen LogP contribution is -2.25. The minimum atomic E-state index is -0.624. The Morgan fingerprint density at radius 2 is 1.95 bits per heavy atom. The average molecular weight is 304 g/mol. The standard InChI is InChI=1S/C19H28O3/c1-3-4-7-16(17-8-5-6-9-18(17)22-2)14-10-12-15(13-11-14)19(20)21/h5-6,8-9,14-16H,3-4,7,10-13H2,1-2H3,(H,20,21). The molecule has 0 heterocycles. The molecule has 1 aromatic carbocycles. The Kier molecular flexibility index (Phi) is 6.29. The number of hydrogen-bond acceptors (Lipinski definition) is 2. The van der Waals surface area contributed by atoms with Crippen molar-refractivity contribution in [1.29, 1.82) is 0 Å². The SMILES string of the molecule is CCCCC(c1ccccc1OC)C1CCC(C(=O)O)CC1. The third kappa shape index (κ3) is 4.02. The molecule has 1 aliphatic rings. The van der Waals surface area contributed by atoms with Crippen molar-refractivity contribution in [3.05, 3.63) is 29.8 Å². The van der Waals surface area contributed by atoms with Gasteiger partial charge in [0.1, 0.15) is 5.75 Å². The monoisotopic (exact) mass is 304 g/mol. The zero-order chi connectivity index (χ0) is 15.9. The molecule has 0 bridgehead atoms. The summed E-state index contributed by atoms with van der Waals surface area (Å²) in [5.41, 5.74) is 1.30. The Hall–Kier alpha value is -1.51. The molecule has 122 valence electrons. The normalized spacial score (nSPS) is 23.0. The summed E-state index contributed by atoms with van der Waals surface area (Å²) in [5.74, 6) is 1.29. The molecule has 0 amide bonds. The molecule has 2 rings (SSSR count). The second-order valence-corrected chi connectivity index (χ2v) is 6.44. The van der Waals surface area contributed by atoms with Gasteiger partial charge in [-0.25, -0.2) is 0 Å². The zero-order valence-electron chi connectivity index (χ0n) is 13.8. The summed E-state index contributed by atoms with van der Waals surface area (Å²) >= 11 is 0. The van der Waals surface area contributed by atoms with Crippen molar-refractivity contribution in [2.24, 2.45) is 11.8 Å². The molecule has 1 fully saturated rings. The summed E-state index contributed by atoms with van der Waals surface area (Å²) < 4.78 is 5.56. The van der Waals surface area contributed by atoms with E-state index in [9.17, 15) is 9.90 Å². The Morgan fingerprint density at radius 3 is 2.55 bits per heavy atom. The minimum absolute atomic E-state index is 0.138. The molecule has 0 aliphatic heterocycles. The van der Waals surface area contributed by atoms with Crippen LogP contribution in [-0.4, -0.2) is 18.2 Å². The van der Waals surface area contributed by atoms with E-state index in [2.05, 4.69) is 19.1 Å². The number of unbranched alkanes of at least 4 members (excludes halogenated alkanes) is 1. The predicted molar refractivity (Wildman–Crippen MR) is 88.3 cm³/mol. The van der Waals surface area contributed by atoms with E-state index >= 15 is 0 Å². The number of benzene rings is 1. The van der Waals surface area contributed by atoms with Crippen LogP contribution in [0.15, 0.2) is 24.3 Å². The third-order valence-corrected chi connectivity index (χ3v) is 5.10. The van der Waals surface area contributed by atoms with Crippen molar-refractivity contribution in [3.63, 3.8) is 0 Å². The van der Waals surface area contributed by atoms with Crippen LogP contribution in [0.25, 0.3) is 0 Å². The van der Waals surface area contributed by atoms with E-state index < -0.39 is 5.97 Å². The Labute approximate surface area is 133 Å². The highest BCUT2D eigenvalue weighted by molar-refractivity contribution is 5.70. The number of aliphatic carboxylic acids is 1. The second-order valence-electron chi connectivity index (χ2n) is 6.44. The number of carboxylic acids is 1. The number of ether oxygens (including phenoxy) is 1. The molecule has 1 atom stereocenters. The van der Waals surface area contributed by atoms with Crippen LogP contribution in [0.1, 0.15) is 63.4 Å². The third-order valence-electron chi connectivity index (χ3n) is 5.10. The number of carbonyl (C=O) groups is 1. The largest absolute Gasteiger partial charge is 0.496 e. The number of rotatable bonds is 7. The van der Waals surface area contributed by atoms with Crippen molar-refractivity contribution in [2.75, 3.05) is 7.11 Å². The van der Waals surface area contributed by atoms with E-state index in [0.29, 0.717) is 11.8 Å². The number of carboxylic acid groups (broad SMARTS) is 1. The average Bonchev–Trinajstić information content (AvgIpc) is 2.56. The highest BCUT2D eigenvalue weighted by Crippen LogP contribution is 2.43. The molecule has 3 heteroatoms. The van der Waals surface area contributed by atoms with Gasteiger partial charge in [-0.15, -0.1) is 0 Å². The molecule has 3 nitrogen and oxygen atoms in total. The molecule has 0 spiro atoms. The molecule has 0 saturated heterocycles. The highest BCUT2D eigenvalue weighted by atomic mass is 16.5. The predicted octanol–water partition coefficient (Wildman–Crippen LogP) is 4.86. The van der Waals surface area contributed by atoms with Crippen LogP contribution in [0.4, 0.5) is 0 Å². The fourth-order valence-corrected chi connectivity index (χ4v) is 3.81. The molecular formula is C19H28O3. The summed E-state index contributed by atoms with van der Waals surface area (Å²) in [6, 6.07) is 8.32. The number of para-hydroxylation sites is 1. The molecule has 1 N–H and O–H groups in total. The van der Waals surface area contributed by atoms with E-state index in [1.54, 1.807) is 7.11 Å². The van der Waals surface area contributed by atoms with E-state index in [1.165, 1.54) is 24.8 Å². The topological polar surface area (TPSA) is 46.5 Å². The van der Waals surface area contributed by atoms with Crippen molar-refractivity contribution >= 4 is 5.97 Å². The van der Waals surface area contributed by atoms with Gasteiger partial charge in [-0.1, -0.05) is 38.0 Å². The first-order valence-electron chi connectivity index (χ1n) is 8.53. The Bertz CT molecular complexity index is 475. The lowest BCUT2D eigenvalue weighted by Gasteiger charge is -2.33. The van der Waals surface area contributed by atoms with Gasteiger partial charge in [-0.2, -0.15) is 0 Å². The number of hydrogen-bond donors (Lipinski definition) is 1. The van der Waals surface area contributed by atoms with Crippen LogP contribution in [0, 0.1) is 11.8 Å². The lowest BCUT2D eigenvalue weighted by atomic mass is 9.72. The fourth-order valence-electron chi connectivity index (χ4n) is 3.81. The van der Waals surface area contributed by atoms with Crippen molar-refractivity contribution < 1.29 is 14.6 Å². The second kappa shape index (κ2) is 8.21. The summed E-state index contributed by atoms with van der Waals surface area (Å²) in [7, 11) is 1.73. The van der Waals surface area contributed by atoms with Crippen LogP contribution in [0.2, 0.25) is 0 Å². The van der Waals surface area contributed by atoms with Gasteiger partial charge >= 0.3 is 5.97 Å². The van der Waals surface area contributed by atoms with E-state index in [0.717, 1.165) is 31.4 Å². The first-order chi connectivity index (χ1) is 10.7. The summed E-state index contributed by atoms with van der Waals surface area (Å²) in [6.45, 7) is 2.22. The molecule has 1 aliphatic carbocycles. The van der Waals surface area contributed by atoms with Crippen LogP contribution in [0.5, 0.6) is 5.75 Å². The Morgan fingerprint density at radius 1 is 1.27 bits per heavy atom. The molecule has 1 aromatic rings. The molecule has 1 unspecified atom stereocenters. The van der Waals surface area contributed by atoms with Gasteiger partial charge in [0.05, 0.1) is 13.0 Å². The van der Waals surface area contributed by atoms with E-state index in [-0.39, 0.29) is 5.92 Å². The first-order valence-corrected chi connectivity index (χ1v) is 8.53. The lowest BCUT2D eigenvalue weighted by molar-refractivity contribution is -0.143. The van der Waals surface area contributed by atoms with Crippen LogP contribution in [-0.2, 0) is 4.79 Å². The van der Waals surface area contributed by atoms with Crippen molar-refractivity contribution in [3.8, 4) is 5.75 Å². The van der Waals surface area contributed by atoms with Crippen molar-refractivity contribution in [2.45, 2.75) is 57.8 Å². The molecule has 0 aromatic heterocycles. The summed E-state index contributed by atoms with van der Waals surface area (Å²) in [4.78, 5) is 11.2. The molecule has 1 saturated carbocycles. The van der Waals surface area contributed by atoms with Gasteiger partial charge in [0.15, 0.2) is 0 Å². The molecule has 0 radical (unpaired) electrons. The van der Waals surface area contributed by atoms with E-state index in [1.807, 2.05) is 12.1 Å². The van der Waals surface area contributed by atoms with Gasteiger partial charge in [0.25, 0.3) is 0 Å². The maximum Gasteiger partial charge on any atom is 0.306 e. The van der Waals surface area contributed by atoms with Crippen LogP contribution in [0.3, 0.4) is 0 Å². The Balaban J connectivity index is 2.14. The first kappa shape index (κ1) is 16.9. The quantitative estimate of drug-likeness (QED) is 0.782. The van der Waals surface area contributed by atoms with Crippen molar-refractivity contribution in [1.82, 2.24) is 0 Å². The van der Waals surface area contributed by atoms with Gasteiger partial charge in [0.2, 0.25) is 0 Å². The summed E-state index contributed by atoms with van der Waals surface area (Å²) in [6.07, 6.45) is 7.24.